The van der Waals surface area contributed by atoms with E-state index in [1.807, 2.05) is 6.07 Å². The predicted octanol–water partition coefficient (Wildman–Crippen LogP) is 4.22. The molecule has 0 aliphatic heterocycles. The van der Waals surface area contributed by atoms with Crippen molar-refractivity contribution in [1.82, 2.24) is 4.90 Å². The van der Waals surface area contributed by atoms with Crippen LogP contribution in [0.2, 0.25) is 5.02 Å². The first-order chi connectivity index (χ1) is 9.11. The number of nitrogens with two attached hydrogens (primary N) is 1. The van der Waals surface area contributed by atoms with Crippen LogP contribution in [0.5, 0.6) is 0 Å². The number of hydrogen-bond donors (Lipinski definition) is 1. The average Bonchev–Trinajstić information content (AvgIpc) is 2.87. The number of nitrogens with zero attached hydrogens (tertiary/aromatic N) is 1. The number of rotatable bonds is 5. The van der Waals surface area contributed by atoms with Gasteiger partial charge in [-0.25, -0.2) is 0 Å². The summed E-state index contributed by atoms with van der Waals surface area (Å²) in [4.78, 5) is 2.39. The van der Waals surface area contributed by atoms with Crippen LogP contribution in [-0.2, 0) is 0 Å². The lowest BCUT2D eigenvalue weighted by Gasteiger charge is -2.30. The molecule has 0 spiro atoms. The van der Waals surface area contributed by atoms with Gasteiger partial charge in [-0.3, -0.25) is 4.90 Å². The van der Waals surface area contributed by atoms with Crippen LogP contribution in [0, 0.1) is 5.92 Å². The molecule has 1 aliphatic carbocycles. The highest BCUT2D eigenvalue weighted by molar-refractivity contribution is 9.10. The summed E-state index contributed by atoms with van der Waals surface area (Å²) in [5.41, 5.74) is 7.21. The maximum absolute atomic E-state index is 6.05. The molecule has 2 nitrogen and oxygen atoms in total. The first-order valence-electron chi connectivity index (χ1n) is 6.97. The molecule has 0 radical (unpaired) electrons. The van der Waals surface area contributed by atoms with Gasteiger partial charge in [-0.05, 0) is 59.4 Å². The molecular weight excluding hydrogens is 324 g/mol. The Labute approximate surface area is 129 Å². The molecule has 4 heteroatoms. The van der Waals surface area contributed by atoms with E-state index in [0.717, 1.165) is 22.0 Å². The highest BCUT2D eigenvalue weighted by Crippen LogP contribution is 2.30. The van der Waals surface area contributed by atoms with Gasteiger partial charge in [0.05, 0.1) is 5.02 Å². The minimum atomic E-state index is 0.272. The molecule has 1 aromatic carbocycles. The second-order valence-electron chi connectivity index (χ2n) is 5.52. The topological polar surface area (TPSA) is 29.3 Å². The third-order valence-corrected chi connectivity index (χ3v) is 5.32. The van der Waals surface area contributed by atoms with Gasteiger partial charge in [0, 0.05) is 23.6 Å². The minimum absolute atomic E-state index is 0.272. The van der Waals surface area contributed by atoms with E-state index in [1.54, 1.807) is 0 Å². The van der Waals surface area contributed by atoms with E-state index in [4.69, 9.17) is 17.3 Å². The normalized spacial score (nSPS) is 18.2. The smallest absolute Gasteiger partial charge is 0.0548 e. The van der Waals surface area contributed by atoms with Crippen LogP contribution < -0.4 is 5.73 Å². The Balaban J connectivity index is 2.06. The SMILES string of the molecule is CN(CC1CCCC1)C(CN)c1ccc(Cl)c(Br)c1. The third-order valence-electron chi connectivity index (χ3n) is 4.10. The Hall–Kier alpha value is -0.0900. The van der Waals surface area contributed by atoms with E-state index in [1.165, 1.54) is 31.2 Å². The van der Waals surface area contributed by atoms with Crippen LogP contribution in [-0.4, -0.2) is 25.0 Å². The highest BCUT2D eigenvalue weighted by Gasteiger charge is 2.22. The van der Waals surface area contributed by atoms with Gasteiger partial charge in [-0.15, -0.1) is 0 Å². The first kappa shape index (κ1) is 15.3. The van der Waals surface area contributed by atoms with Crippen LogP contribution >= 0.6 is 27.5 Å². The molecule has 1 atom stereocenters. The van der Waals surface area contributed by atoms with Gasteiger partial charge in [-0.1, -0.05) is 30.5 Å². The summed E-state index contributed by atoms with van der Waals surface area (Å²) < 4.78 is 0.944. The van der Waals surface area contributed by atoms with Crippen molar-refractivity contribution in [2.24, 2.45) is 11.7 Å². The molecule has 1 fully saturated rings. The number of hydrogen-bond acceptors (Lipinski definition) is 2. The van der Waals surface area contributed by atoms with Crippen molar-refractivity contribution in [2.45, 2.75) is 31.7 Å². The molecule has 2 rings (SSSR count). The maximum atomic E-state index is 6.05. The molecule has 1 saturated carbocycles. The van der Waals surface area contributed by atoms with Gasteiger partial charge in [0.25, 0.3) is 0 Å². The Kier molecular flexibility index (Phi) is 5.70. The summed E-state index contributed by atoms with van der Waals surface area (Å²) in [5.74, 6) is 0.842. The lowest BCUT2D eigenvalue weighted by molar-refractivity contribution is 0.212. The quantitative estimate of drug-likeness (QED) is 0.865. The Morgan fingerprint density at radius 3 is 2.68 bits per heavy atom. The van der Waals surface area contributed by atoms with Gasteiger partial charge in [0.1, 0.15) is 0 Å². The standard InChI is InChI=1S/C15H22BrClN2/c1-19(10-11-4-2-3-5-11)15(9-18)12-6-7-14(17)13(16)8-12/h6-8,11,15H,2-5,9-10,18H2,1H3. The maximum Gasteiger partial charge on any atom is 0.0548 e. The number of halogens is 2. The van der Waals surface area contributed by atoms with Crippen molar-refractivity contribution in [3.8, 4) is 0 Å². The summed E-state index contributed by atoms with van der Waals surface area (Å²) >= 11 is 9.54. The summed E-state index contributed by atoms with van der Waals surface area (Å²) in [6.07, 6.45) is 5.51. The van der Waals surface area contributed by atoms with Gasteiger partial charge in [0.15, 0.2) is 0 Å². The molecule has 19 heavy (non-hydrogen) atoms. The van der Waals surface area contributed by atoms with Crippen molar-refractivity contribution in [1.29, 1.82) is 0 Å². The number of likely N-dealkylation sites (N-methyl/N-ethyl adjacent to an activating group) is 1. The van der Waals surface area contributed by atoms with Gasteiger partial charge in [-0.2, -0.15) is 0 Å². The largest absolute Gasteiger partial charge is 0.329 e. The zero-order valence-electron chi connectivity index (χ0n) is 11.4. The van der Waals surface area contributed by atoms with Crippen molar-refractivity contribution < 1.29 is 0 Å². The zero-order valence-corrected chi connectivity index (χ0v) is 13.8. The second-order valence-corrected chi connectivity index (χ2v) is 6.78. The van der Waals surface area contributed by atoms with Crippen molar-refractivity contribution in [3.63, 3.8) is 0 Å². The van der Waals surface area contributed by atoms with E-state index < -0.39 is 0 Å². The van der Waals surface area contributed by atoms with E-state index in [2.05, 4.69) is 40.0 Å². The lowest BCUT2D eigenvalue weighted by Crippen LogP contribution is -2.33. The molecule has 0 amide bonds. The summed E-state index contributed by atoms with van der Waals surface area (Å²) in [5, 5.41) is 0.748. The van der Waals surface area contributed by atoms with Crippen LogP contribution in [0.15, 0.2) is 22.7 Å². The molecule has 0 aromatic heterocycles. The fourth-order valence-electron chi connectivity index (χ4n) is 3.02. The van der Waals surface area contributed by atoms with E-state index in [-0.39, 0.29) is 6.04 Å². The lowest BCUT2D eigenvalue weighted by atomic mass is 10.0. The van der Waals surface area contributed by atoms with Crippen LogP contribution in [0.4, 0.5) is 0 Å². The Morgan fingerprint density at radius 1 is 1.42 bits per heavy atom. The molecule has 1 unspecified atom stereocenters. The fourth-order valence-corrected chi connectivity index (χ4v) is 3.53. The van der Waals surface area contributed by atoms with E-state index in [9.17, 15) is 0 Å². The zero-order chi connectivity index (χ0) is 13.8. The van der Waals surface area contributed by atoms with Crippen LogP contribution in [0.25, 0.3) is 0 Å². The molecule has 1 aliphatic rings. The van der Waals surface area contributed by atoms with Crippen molar-refractivity contribution in [2.75, 3.05) is 20.1 Å². The van der Waals surface area contributed by atoms with Crippen LogP contribution in [0.3, 0.4) is 0 Å². The molecule has 2 N–H and O–H groups in total. The minimum Gasteiger partial charge on any atom is -0.329 e. The Morgan fingerprint density at radius 2 is 2.11 bits per heavy atom. The second kappa shape index (κ2) is 7.07. The molecule has 0 saturated heterocycles. The van der Waals surface area contributed by atoms with Crippen LogP contribution in [0.1, 0.15) is 37.3 Å². The average molecular weight is 346 g/mol. The highest BCUT2D eigenvalue weighted by atomic mass is 79.9. The molecule has 1 aromatic rings. The predicted molar refractivity (Wildman–Crippen MR) is 85.5 cm³/mol. The van der Waals surface area contributed by atoms with E-state index >= 15 is 0 Å². The van der Waals surface area contributed by atoms with Gasteiger partial charge in [0.2, 0.25) is 0 Å². The Bertz CT molecular complexity index is 419. The first-order valence-corrected chi connectivity index (χ1v) is 8.14. The van der Waals surface area contributed by atoms with Gasteiger partial charge >= 0.3 is 0 Å². The summed E-state index contributed by atoms with van der Waals surface area (Å²) in [6, 6.07) is 6.38. The monoisotopic (exact) mass is 344 g/mol. The van der Waals surface area contributed by atoms with Crippen molar-refractivity contribution in [3.05, 3.63) is 33.3 Å². The third kappa shape index (κ3) is 3.94. The molecule has 0 bridgehead atoms. The van der Waals surface area contributed by atoms with Crippen molar-refractivity contribution >= 4 is 27.5 Å². The molecule has 0 heterocycles. The summed E-state index contributed by atoms with van der Waals surface area (Å²) in [6.45, 7) is 1.78. The molecular formula is C15H22BrClN2. The summed E-state index contributed by atoms with van der Waals surface area (Å²) in [7, 11) is 2.18. The fraction of sp³-hybridized carbons (Fsp3) is 0.600. The van der Waals surface area contributed by atoms with E-state index in [0.29, 0.717) is 6.54 Å². The molecule has 106 valence electrons. The number of benzene rings is 1. The van der Waals surface area contributed by atoms with Gasteiger partial charge < -0.3 is 5.73 Å².